The molecule has 1 aromatic rings. The zero-order chi connectivity index (χ0) is 17.4. The van der Waals surface area contributed by atoms with E-state index in [-0.39, 0.29) is 18.4 Å². The summed E-state index contributed by atoms with van der Waals surface area (Å²) >= 11 is 0. The number of amides is 1. The fourth-order valence-electron chi connectivity index (χ4n) is 2.25. The van der Waals surface area contributed by atoms with Crippen molar-refractivity contribution >= 4 is 11.9 Å². The van der Waals surface area contributed by atoms with Gasteiger partial charge in [-0.1, -0.05) is 12.1 Å². The quantitative estimate of drug-likeness (QED) is 0.691. The van der Waals surface area contributed by atoms with Gasteiger partial charge >= 0.3 is 5.97 Å². The molecule has 0 saturated carbocycles. The summed E-state index contributed by atoms with van der Waals surface area (Å²) in [6.07, 6.45) is -0.577. The van der Waals surface area contributed by atoms with E-state index in [1.165, 1.54) is 0 Å². The number of benzene rings is 1. The van der Waals surface area contributed by atoms with E-state index < -0.39 is 12.1 Å². The Morgan fingerprint density at radius 2 is 1.78 bits per heavy atom. The Bertz CT molecular complexity index is 524. The number of hydrogen-bond donors (Lipinski definition) is 0. The molecular formula is C18H27NO4. The van der Waals surface area contributed by atoms with Crippen LogP contribution in [-0.4, -0.2) is 42.1 Å². The Morgan fingerprint density at radius 3 is 2.35 bits per heavy atom. The summed E-state index contributed by atoms with van der Waals surface area (Å²) in [5.74, 6) is 0.137. The van der Waals surface area contributed by atoms with Gasteiger partial charge in [-0.3, -0.25) is 9.59 Å². The van der Waals surface area contributed by atoms with Crippen molar-refractivity contribution in [3.8, 4) is 5.75 Å². The fraction of sp³-hybridized carbons (Fsp3) is 0.556. The Balaban J connectivity index is 2.61. The lowest BCUT2D eigenvalue weighted by Gasteiger charge is -2.22. The van der Waals surface area contributed by atoms with Crippen molar-refractivity contribution in [1.29, 1.82) is 0 Å². The first-order valence-electron chi connectivity index (χ1n) is 8.11. The Hall–Kier alpha value is -2.04. The lowest BCUT2D eigenvalue weighted by atomic mass is 10.1. The SMILES string of the molecule is CCN(CC)C(=O)C(C)OC(=O)Cc1cccc(OC(C)C)c1. The normalized spacial score (nSPS) is 11.9. The first-order chi connectivity index (χ1) is 10.9. The van der Waals surface area contributed by atoms with Gasteiger partial charge < -0.3 is 14.4 Å². The van der Waals surface area contributed by atoms with Gasteiger partial charge in [-0.05, 0) is 52.3 Å². The minimum atomic E-state index is -0.766. The van der Waals surface area contributed by atoms with E-state index in [4.69, 9.17) is 9.47 Å². The van der Waals surface area contributed by atoms with Crippen molar-refractivity contribution in [2.45, 2.75) is 53.2 Å². The van der Waals surface area contributed by atoms with Crippen molar-refractivity contribution < 1.29 is 19.1 Å². The van der Waals surface area contributed by atoms with Gasteiger partial charge in [0, 0.05) is 13.1 Å². The highest BCUT2D eigenvalue weighted by atomic mass is 16.5. The molecule has 1 rings (SSSR count). The van der Waals surface area contributed by atoms with Crippen LogP contribution < -0.4 is 4.74 Å². The Morgan fingerprint density at radius 1 is 1.13 bits per heavy atom. The molecule has 0 heterocycles. The summed E-state index contributed by atoms with van der Waals surface area (Å²) in [5, 5.41) is 0. The monoisotopic (exact) mass is 321 g/mol. The summed E-state index contributed by atoms with van der Waals surface area (Å²) in [5.41, 5.74) is 0.802. The molecule has 5 nitrogen and oxygen atoms in total. The molecule has 0 fully saturated rings. The predicted octanol–water partition coefficient (Wildman–Crippen LogP) is 2.82. The second-order valence-electron chi connectivity index (χ2n) is 5.63. The zero-order valence-corrected chi connectivity index (χ0v) is 14.7. The summed E-state index contributed by atoms with van der Waals surface area (Å²) in [7, 11) is 0. The van der Waals surface area contributed by atoms with E-state index in [1.807, 2.05) is 52.0 Å². The first-order valence-corrected chi connectivity index (χ1v) is 8.11. The summed E-state index contributed by atoms with van der Waals surface area (Å²) in [6, 6.07) is 7.34. The van der Waals surface area contributed by atoms with E-state index in [0.717, 1.165) is 11.3 Å². The van der Waals surface area contributed by atoms with Gasteiger partial charge in [0.25, 0.3) is 5.91 Å². The second kappa shape index (κ2) is 9.18. The minimum Gasteiger partial charge on any atom is -0.491 e. The van der Waals surface area contributed by atoms with E-state index in [0.29, 0.717) is 13.1 Å². The van der Waals surface area contributed by atoms with E-state index in [9.17, 15) is 9.59 Å². The third kappa shape index (κ3) is 6.30. The van der Waals surface area contributed by atoms with Crippen LogP contribution in [0.25, 0.3) is 0 Å². The first kappa shape index (κ1) is 19.0. The van der Waals surface area contributed by atoms with Gasteiger partial charge in [-0.2, -0.15) is 0 Å². The maximum Gasteiger partial charge on any atom is 0.311 e. The number of carbonyl (C=O) groups is 2. The van der Waals surface area contributed by atoms with Crippen LogP contribution in [0.15, 0.2) is 24.3 Å². The van der Waals surface area contributed by atoms with Gasteiger partial charge in [0.05, 0.1) is 12.5 Å². The Labute approximate surface area is 138 Å². The maximum absolute atomic E-state index is 12.1. The topological polar surface area (TPSA) is 55.8 Å². The molecule has 0 aliphatic carbocycles. The molecule has 23 heavy (non-hydrogen) atoms. The highest BCUT2D eigenvalue weighted by molar-refractivity contribution is 5.84. The van der Waals surface area contributed by atoms with E-state index in [2.05, 4.69) is 0 Å². The van der Waals surface area contributed by atoms with Crippen LogP contribution in [0, 0.1) is 0 Å². The molecule has 0 aliphatic rings. The minimum absolute atomic E-state index is 0.0731. The molecular weight excluding hydrogens is 294 g/mol. The van der Waals surface area contributed by atoms with Crippen LogP contribution in [0.1, 0.15) is 40.2 Å². The van der Waals surface area contributed by atoms with Gasteiger partial charge in [-0.25, -0.2) is 0 Å². The molecule has 5 heteroatoms. The van der Waals surface area contributed by atoms with Crippen LogP contribution in [-0.2, 0) is 20.7 Å². The second-order valence-corrected chi connectivity index (χ2v) is 5.63. The predicted molar refractivity (Wildman–Crippen MR) is 89.4 cm³/mol. The molecule has 1 amide bonds. The van der Waals surface area contributed by atoms with Crippen LogP contribution in [0.4, 0.5) is 0 Å². The molecule has 128 valence electrons. The van der Waals surface area contributed by atoms with Crippen molar-refractivity contribution in [3.05, 3.63) is 29.8 Å². The molecule has 0 saturated heterocycles. The smallest absolute Gasteiger partial charge is 0.311 e. The van der Waals surface area contributed by atoms with Crippen molar-refractivity contribution in [2.24, 2.45) is 0 Å². The number of rotatable bonds is 8. The average Bonchev–Trinajstić information content (AvgIpc) is 2.47. The lowest BCUT2D eigenvalue weighted by molar-refractivity contribution is -0.158. The highest BCUT2D eigenvalue weighted by Gasteiger charge is 2.22. The van der Waals surface area contributed by atoms with E-state index >= 15 is 0 Å². The molecule has 0 radical (unpaired) electrons. The number of esters is 1. The van der Waals surface area contributed by atoms with Crippen LogP contribution >= 0.6 is 0 Å². The van der Waals surface area contributed by atoms with Gasteiger partial charge in [0.1, 0.15) is 5.75 Å². The number of ether oxygens (including phenoxy) is 2. The number of likely N-dealkylation sites (N-methyl/N-ethyl adjacent to an activating group) is 1. The van der Waals surface area contributed by atoms with E-state index in [1.54, 1.807) is 11.8 Å². The number of hydrogen-bond acceptors (Lipinski definition) is 4. The maximum atomic E-state index is 12.1. The number of nitrogens with zero attached hydrogens (tertiary/aromatic N) is 1. The third-order valence-corrected chi connectivity index (χ3v) is 3.35. The molecule has 1 atom stereocenters. The van der Waals surface area contributed by atoms with Crippen molar-refractivity contribution in [3.63, 3.8) is 0 Å². The van der Waals surface area contributed by atoms with Crippen LogP contribution in [0.3, 0.4) is 0 Å². The summed E-state index contributed by atoms with van der Waals surface area (Å²) < 4.78 is 10.9. The summed E-state index contributed by atoms with van der Waals surface area (Å²) in [6.45, 7) is 10.5. The standard InChI is InChI=1S/C18H27NO4/c1-6-19(7-2)18(21)14(5)23-17(20)12-15-9-8-10-16(11-15)22-13(3)4/h8-11,13-14H,6-7,12H2,1-5H3. The largest absolute Gasteiger partial charge is 0.491 e. The molecule has 1 unspecified atom stereocenters. The highest BCUT2D eigenvalue weighted by Crippen LogP contribution is 2.16. The third-order valence-electron chi connectivity index (χ3n) is 3.35. The molecule has 0 aliphatic heterocycles. The molecule has 0 spiro atoms. The molecule has 0 aromatic heterocycles. The Kier molecular flexibility index (Phi) is 7.59. The molecule has 1 aromatic carbocycles. The lowest BCUT2D eigenvalue weighted by Crippen LogP contribution is -2.39. The van der Waals surface area contributed by atoms with Crippen molar-refractivity contribution in [2.75, 3.05) is 13.1 Å². The van der Waals surface area contributed by atoms with Gasteiger partial charge in [-0.15, -0.1) is 0 Å². The van der Waals surface area contributed by atoms with Crippen molar-refractivity contribution in [1.82, 2.24) is 4.90 Å². The van der Waals surface area contributed by atoms with Gasteiger partial charge in [0.15, 0.2) is 6.10 Å². The van der Waals surface area contributed by atoms with Crippen LogP contribution in [0.2, 0.25) is 0 Å². The summed E-state index contributed by atoms with van der Waals surface area (Å²) in [4.78, 5) is 25.8. The average molecular weight is 321 g/mol. The molecule has 0 N–H and O–H groups in total. The van der Waals surface area contributed by atoms with Gasteiger partial charge in [0.2, 0.25) is 0 Å². The molecule has 0 bridgehead atoms. The fourth-order valence-corrected chi connectivity index (χ4v) is 2.25. The number of carbonyl (C=O) groups excluding carboxylic acids is 2. The zero-order valence-electron chi connectivity index (χ0n) is 14.7. The van der Waals surface area contributed by atoms with Crippen LogP contribution in [0.5, 0.6) is 5.75 Å².